The van der Waals surface area contributed by atoms with Gasteiger partial charge in [0, 0.05) is 38.8 Å². The summed E-state index contributed by atoms with van der Waals surface area (Å²) >= 11 is 0. The van der Waals surface area contributed by atoms with E-state index in [2.05, 4.69) is 10.6 Å². The third-order valence-corrected chi connectivity index (χ3v) is 5.76. The van der Waals surface area contributed by atoms with Crippen LogP contribution in [-0.4, -0.2) is 56.7 Å². The maximum absolute atomic E-state index is 12.8. The van der Waals surface area contributed by atoms with Crippen molar-refractivity contribution in [3.05, 3.63) is 28.7 Å². The Balaban J connectivity index is 1.55. The molecule has 2 aliphatic rings. The Bertz CT molecular complexity index is 1060. The van der Waals surface area contributed by atoms with E-state index in [1.807, 2.05) is 12.1 Å². The number of carbonyl (C=O) groups excluding carboxylic acids is 2. The van der Waals surface area contributed by atoms with Gasteiger partial charge in [0.2, 0.25) is 11.8 Å². The fourth-order valence-corrected chi connectivity index (χ4v) is 4.14. The number of carboxylic acid groups (broad SMARTS) is 1. The van der Waals surface area contributed by atoms with Gasteiger partial charge in [0.25, 0.3) is 0 Å². The second kappa shape index (κ2) is 7.26. The lowest BCUT2D eigenvalue weighted by Gasteiger charge is -2.22. The van der Waals surface area contributed by atoms with Gasteiger partial charge in [-0.2, -0.15) is 0 Å². The molecule has 10 nitrogen and oxygen atoms in total. The Morgan fingerprint density at radius 2 is 2.03 bits per heavy atom. The number of nitrogens with one attached hydrogen (secondary N) is 2. The minimum absolute atomic E-state index is 0.202. The number of benzene rings is 1. The van der Waals surface area contributed by atoms with E-state index >= 15 is 0 Å². The van der Waals surface area contributed by atoms with Crippen LogP contribution in [0.5, 0.6) is 0 Å². The molecule has 154 valence electrons. The zero-order valence-electron chi connectivity index (χ0n) is 16.1. The van der Waals surface area contributed by atoms with Crippen LogP contribution in [0.2, 0.25) is 0 Å². The van der Waals surface area contributed by atoms with Crippen molar-refractivity contribution in [2.75, 3.05) is 25.0 Å². The highest BCUT2D eigenvalue weighted by Gasteiger charge is 2.31. The van der Waals surface area contributed by atoms with Crippen LogP contribution in [0.1, 0.15) is 25.3 Å². The Morgan fingerprint density at radius 1 is 1.24 bits per heavy atom. The summed E-state index contributed by atoms with van der Waals surface area (Å²) in [5.41, 5.74) is 1.83. The molecule has 2 aromatic rings. The summed E-state index contributed by atoms with van der Waals surface area (Å²) in [5.74, 6) is -0.541. The molecule has 3 heterocycles. The number of hydrogen-bond donors (Lipinski definition) is 3. The topological polar surface area (TPSA) is 126 Å². The van der Waals surface area contributed by atoms with Crippen LogP contribution < -0.4 is 16.3 Å². The number of piperidine rings is 1. The first kappa shape index (κ1) is 19.0. The molecule has 4 rings (SSSR count). The zero-order chi connectivity index (χ0) is 20.7. The number of hydrogen-bond acceptors (Lipinski definition) is 5. The van der Waals surface area contributed by atoms with E-state index in [0.717, 1.165) is 12.1 Å². The van der Waals surface area contributed by atoms with Crippen LogP contribution in [0.4, 0.5) is 10.5 Å². The van der Waals surface area contributed by atoms with Gasteiger partial charge in [-0.15, -0.1) is 0 Å². The van der Waals surface area contributed by atoms with E-state index in [1.54, 1.807) is 13.1 Å². The summed E-state index contributed by atoms with van der Waals surface area (Å²) in [6.07, 6.45) is 0.420. The van der Waals surface area contributed by atoms with Gasteiger partial charge in [-0.25, -0.2) is 9.59 Å². The van der Waals surface area contributed by atoms with Crippen LogP contribution >= 0.6 is 0 Å². The Labute approximate surface area is 166 Å². The molecule has 1 aromatic carbocycles. The number of fused-ring (bicyclic) bond motifs is 1. The molecule has 0 saturated carbocycles. The molecule has 2 unspecified atom stereocenters. The van der Waals surface area contributed by atoms with Gasteiger partial charge in [-0.3, -0.25) is 24.0 Å². The van der Waals surface area contributed by atoms with Crippen molar-refractivity contribution in [3.63, 3.8) is 0 Å². The van der Waals surface area contributed by atoms with Gasteiger partial charge in [0.15, 0.2) is 0 Å². The van der Waals surface area contributed by atoms with Crippen LogP contribution in [0.25, 0.3) is 11.0 Å². The third kappa shape index (κ3) is 3.45. The minimum Gasteiger partial charge on any atom is -0.465 e. The molecule has 0 bridgehead atoms. The number of imidazole rings is 1. The van der Waals surface area contributed by atoms with Crippen LogP contribution in [-0.2, 0) is 16.6 Å². The SMILES string of the molecule is Cn1c(=O)n(C2CCC(=O)NC2=O)c2ccc(NCC3CCN(C(=O)O)C3)cc21. The first-order valence-corrected chi connectivity index (χ1v) is 9.61. The van der Waals surface area contributed by atoms with Crippen molar-refractivity contribution < 1.29 is 19.5 Å². The lowest BCUT2D eigenvalue weighted by Crippen LogP contribution is -2.44. The quantitative estimate of drug-likeness (QED) is 0.649. The standard InChI is InChI=1S/C19H23N5O5/c1-22-15-8-12(20-9-11-6-7-23(10-11)19(28)29)2-3-13(15)24(18(22)27)14-4-5-16(25)21-17(14)26/h2-3,8,11,14,20H,4-7,9-10H2,1H3,(H,28,29)(H,21,25,26). The van der Waals surface area contributed by atoms with Gasteiger partial charge >= 0.3 is 11.8 Å². The minimum atomic E-state index is -0.890. The molecule has 2 saturated heterocycles. The smallest absolute Gasteiger partial charge is 0.407 e. The van der Waals surface area contributed by atoms with E-state index in [-0.39, 0.29) is 23.9 Å². The molecule has 2 aliphatic heterocycles. The monoisotopic (exact) mass is 401 g/mol. The van der Waals surface area contributed by atoms with Gasteiger partial charge in [0.1, 0.15) is 6.04 Å². The zero-order valence-corrected chi connectivity index (χ0v) is 16.1. The van der Waals surface area contributed by atoms with E-state index < -0.39 is 18.0 Å². The highest BCUT2D eigenvalue weighted by Crippen LogP contribution is 2.25. The number of imide groups is 1. The summed E-state index contributed by atoms with van der Waals surface area (Å²) in [4.78, 5) is 48.9. The number of anilines is 1. The van der Waals surface area contributed by atoms with Gasteiger partial charge < -0.3 is 15.3 Å². The van der Waals surface area contributed by atoms with Crippen LogP contribution in [0.15, 0.2) is 23.0 Å². The average Bonchev–Trinajstić information content (AvgIpc) is 3.25. The van der Waals surface area contributed by atoms with Gasteiger partial charge in [-0.05, 0) is 37.0 Å². The fraction of sp³-hybridized carbons (Fsp3) is 0.474. The van der Waals surface area contributed by atoms with Crippen molar-refractivity contribution in [3.8, 4) is 0 Å². The summed E-state index contributed by atoms with van der Waals surface area (Å²) in [7, 11) is 1.65. The van der Waals surface area contributed by atoms with Gasteiger partial charge in [0.05, 0.1) is 11.0 Å². The molecule has 3 amide bonds. The molecule has 0 radical (unpaired) electrons. The highest BCUT2D eigenvalue weighted by atomic mass is 16.4. The van der Waals surface area contributed by atoms with Crippen molar-refractivity contribution in [1.29, 1.82) is 0 Å². The second-order valence-electron chi connectivity index (χ2n) is 7.65. The number of rotatable bonds is 4. The summed E-state index contributed by atoms with van der Waals surface area (Å²) < 4.78 is 2.94. The number of amides is 3. The van der Waals surface area contributed by atoms with Crippen molar-refractivity contribution in [1.82, 2.24) is 19.4 Å². The van der Waals surface area contributed by atoms with E-state index in [0.29, 0.717) is 37.1 Å². The van der Waals surface area contributed by atoms with Crippen LogP contribution in [0.3, 0.4) is 0 Å². The Kier molecular flexibility index (Phi) is 4.77. The fourth-order valence-electron chi connectivity index (χ4n) is 4.14. The van der Waals surface area contributed by atoms with E-state index in [1.165, 1.54) is 14.0 Å². The highest BCUT2D eigenvalue weighted by molar-refractivity contribution is 6.00. The number of likely N-dealkylation sites (tertiary alicyclic amines) is 1. The van der Waals surface area contributed by atoms with Crippen molar-refractivity contribution in [2.45, 2.75) is 25.3 Å². The molecular weight excluding hydrogens is 378 g/mol. The number of nitrogens with zero attached hydrogens (tertiary/aromatic N) is 3. The van der Waals surface area contributed by atoms with Gasteiger partial charge in [-0.1, -0.05) is 0 Å². The third-order valence-electron chi connectivity index (χ3n) is 5.76. The molecule has 0 spiro atoms. The molecule has 29 heavy (non-hydrogen) atoms. The number of aromatic nitrogens is 2. The predicted molar refractivity (Wildman–Crippen MR) is 105 cm³/mol. The molecular formula is C19H23N5O5. The molecule has 2 atom stereocenters. The molecule has 0 aliphatic carbocycles. The Morgan fingerprint density at radius 3 is 2.72 bits per heavy atom. The normalized spacial score (nSPS) is 22.2. The van der Waals surface area contributed by atoms with Crippen molar-refractivity contribution >= 4 is 34.6 Å². The van der Waals surface area contributed by atoms with Crippen LogP contribution in [0, 0.1) is 5.92 Å². The maximum atomic E-state index is 12.8. The summed E-state index contributed by atoms with van der Waals surface area (Å²) in [5, 5.41) is 14.7. The average molecular weight is 401 g/mol. The molecule has 10 heteroatoms. The lowest BCUT2D eigenvalue weighted by molar-refractivity contribution is -0.135. The van der Waals surface area contributed by atoms with E-state index in [9.17, 15) is 19.2 Å². The second-order valence-corrected chi connectivity index (χ2v) is 7.65. The molecule has 2 fully saturated rings. The maximum Gasteiger partial charge on any atom is 0.407 e. The first-order chi connectivity index (χ1) is 13.8. The summed E-state index contributed by atoms with van der Waals surface area (Å²) in [6, 6.07) is 4.78. The largest absolute Gasteiger partial charge is 0.465 e. The number of carbonyl (C=O) groups is 3. The Hall–Kier alpha value is -3.30. The lowest BCUT2D eigenvalue weighted by atomic mass is 10.1. The van der Waals surface area contributed by atoms with Crippen molar-refractivity contribution in [2.24, 2.45) is 13.0 Å². The molecule has 3 N–H and O–H groups in total. The van der Waals surface area contributed by atoms with E-state index in [4.69, 9.17) is 5.11 Å². The molecule has 1 aromatic heterocycles. The number of aryl methyl sites for hydroxylation is 1. The summed E-state index contributed by atoms with van der Waals surface area (Å²) in [6.45, 7) is 1.69. The first-order valence-electron chi connectivity index (χ1n) is 9.61. The predicted octanol–water partition coefficient (Wildman–Crippen LogP) is 0.730.